The molecule has 0 spiro atoms. The minimum absolute atomic E-state index is 0.228. The summed E-state index contributed by atoms with van der Waals surface area (Å²) in [7, 11) is 1.53. The number of halogens is 2. The molecular formula is C34H28F2NO+. The van der Waals surface area contributed by atoms with Crippen LogP contribution < -0.4 is 4.57 Å². The molecule has 2 aromatic heterocycles. The summed E-state index contributed by atoms with van der Waals surface area (Å²) >= 11 is 0. The zero-order valence-electron chi connectivity index (χ0n) is 27.8. The third kappa shape index (κ3) is 3.88. The maximum atomic E-state index is 15.7. The molecule has 4 aromatic carbocycles. The van der Waals surface area contributed by atoms with Crippen molar-refractivity contribution in [2.75, 3.05) is 0 Å². The van der Waals surface area contributed by atoms with Crippen molar-refractivity contribution in [3.8, 4) is 33.5 Å². The molecule has 38 heavy (non-hydrogen) atoms. The number of fused-ring (bicyclic) bond motifs is 3. The van der Waals surface area contributed by atoms with Gasteiger partial charge in [0.25, 0.3) is 0 Å². The van der Waals surface area contributed by atoms with Crippen LogP contribution in [0.15, 0.2) is 95.5 Å². The van der Waals surface area contributed by atoms with Crippen molar-refractivity contribution in [2.24, 2.45) is 7.05 Å². The summed E-state index contributed by atoms with van der Waals surface area (Å²) in [6, 6.07) is 24.9. The molecule has 0 unspecified atom stereocenters. The molecule has 0 saturated heterocycles. The first-order valence-corrected chi connectivity index (χ1v) is 12.1. The number of rotatable bonds is 4. The Morgan fingerprint density at radius 1 is 0.763 bits per heavy atom. The Hall–Kier alpha value is -4.31. The van der Waals surface area contributed by atoms with Gasteiger partial charge in [-0.2, -0.15) is 4.57 Å². The minimum atomic E-state index is -3.38. The summed E-state index contributed by atoms with van der Waals surface area (Å²) < 4.78 is 95.0. The highest BCUT2D eigenvalue weighted by Gasteiger charge is 2.25. The van der Waals surface area contributed by atoms with Crippen molar-refractivity contribution in [1.29, 1.82) is 0 Å². The lowest BCUT2D eigenvalue weighted by Gasteiger charge is -2.10. The molecule has 0 N–H and O–H groups in total. The van der Waals surface area contributed by atoms with Crippen LogP contribution in [-0.4, -0.2) is 0 Å². The number of hydrogen-bond donors (Lipinski definition) is 0. The molecule has 6 rings (SSSR count). The van der Waals surface area contributed by atoms with E-state index in [4.69, 9.17) is 14.0 Å². The Bertz CT molecular complexity index is 2090. The van der Waals surface area contributed by atoms with Gasteiger partial charge in [0.15, 0.2) is 5.82 Å². The fraction of sp³-hybridized carbons (Fsp3) is 0.147. The van der Waals surface area contributed by atoms with Crippen molar-refractivity contribution >= 4 is 21.9 Å². The molecule has 0 fully saturated rings. The van der Waals surface area contributed by atoms with Gasteiger partial charge in [-0.3, -0.25) is 0 Å². The number of pyridine rings is 1. The molecule has 2 nitrogen and oxygen atoms in total. The summed E-state index contributed by atoms with van der Waals surface area (Å²) in [5.41, 5.74) is 3.84. The van der Waals surface area contributed by atoms with E-state index in [1.165, 1.54) is 17.7 Å². The monoisotopic (exact) mass is 511 g/mol. The molecule has 0 aliphatic heterocycles. The van der Waals surface area contributed by atoms with Crippen LogP contribution in [0.5, 0.6) is 0 Å². The van der Waals surface area contributed by atoms with E-state index in [1.54, 1.807) is 25.1 Å². The fourth-order valence-corrected chi connectivity index (χ4v) is 5.11. The first kappa shape index (κ1) is 17.2. The standard InChI is InChI=1S/C34H28F2NO/c1-20(2)27-18-30(37(4)19-29(27)36)31-21(3)13-14-25-26-15-16-28(35)32(34(26)38-33(25)31)24-12-8-11-23(17-24)22-9-6-5-7-10-22/h5-20H,1-4H3/q+1/i1D3,2D3,20D. The molecule has 6 aromatic rings. The van der Waals surface area contributed by atoms with Gasteiger partial charge in [-0.05, 0) is 53.3 Å². The lowest BCUT2D eigenvalue weighted by Crippen LogP contribution is -2.32. The van der Waals surface area contributed by atoms with E-state index >= 15 is 8.78 Å². The highest BCUT2D eigenvalue weighted by molar-refractivity contribution is 6.13. The zero-order valence-corrected chi connectivity index (χ0v) is 20.8. The topological polar surface area (TPSA) is 17.0 Å². The largest absolute Gasteiger partial charge is 0.454 e. The third-order valence-corrected chi connectivity index (χ3v) is 6.98. The van der Waals surface area contributed by atoms with Gasteiger partial charge in [0.05, 0.1) is 11.1 Å². The maximum Gasteiger partial charge on any atom is 0.216 e. The molecule has 0 bridgehead atoms. The maximum absolute atomic E-state index is 15.7. The predicted octanol–water partition coefficient (Wildman–Crippen LogP) is 9.12. The van der Waals surface area contributed by atoms with E-state index in [0.29, 0.717) is 33.0 Å². The minimum Gasteiger partial charge on any atom is -0.454 e. The molecule has 0 saturated carbocycles. The summed E-state index contributed by atoms with van der Waals surface area (Å²) in [4.78, 5) is 0. The van der Waals surface area contributed by atoms with Crippen LogP contribution in [0.4, 0.5) is 8.78 Å². The van der Waals surface area contributed by atoms with Gasteiger partial charge in [0.1, 0.15) is 24.0 Å². The zero-order chi connectivity index (χ0) is 32.5. The van der Waals surface area contributed by atoms with Crippen molar-refractivity contribution in [3.63, 3.8) is 0 Å². The fourth-order valence-electron chi connectivity index (χ4n) is 5.11. The number of hydrogen-bond acceptors (Lipinski definition) is 1. The molecular weight excluding hydrogens is 476 g/mol. The first-order valence-electron chi connectivity index (χ1n) is 15.6. The number of aromatic nitrogens is 1. The Morgan fingerprint density at radius 3 is 2.21 bits per heavy atom. The molecule has 4 heteroatoms. The molecule has 0 radical (unpaired) electrons. The Balaban J connectivity index is 1.63. The van der Waals surface area contributed by atoms with Crippen LogP contribution in [0.2, 0.25) is 0 Å². The van der Waals surface area contributed by atoms with Gasteiger partial charge >= 0.3 is 0 Å². The van der Waals surface area contributed by atoms with Crippen molar-refractivity contribution in [1.82, 2.24) is 0 Å². The molecule has 0 aliphatic rings. The molecule has 188 valence electrons. The van der Waals surface area contributed by atoms with Crippen molar-refractivity contribution in [2.45, 2.75) is 26.5 Å². The number of benzene rings is 4. The molecule has 0 atom stereocenters. The van der Waals surface area contributed by atoms with Crippen LogP contribution in [0, 0.1) is 18.6 Å². The first-order chi connectivity index (χ1) is 21.1. The molecule has 0 aliphatic carbocycles. The van der Waals surface area contributed by atoms with Gasteiger partial charge in [-0.15, -0.1) is 0 Å². The Morgan fingerprint density at radius 2 is 1.45 bits per heavy atom. The summed E-state index contributed by atoms with van der Waals surface area (Å²) in [6.45, 7) is -4.98. The summed E-state index contributed by atoms with van der Waals surface area (Å²) in [6.07, 6.45) is 0.965. The number of nitrogens with zero attached hydrogens (tertiary/aromatic N) is 1. The van der Waals surface area contributed by atoms with Gasteiger partial charge in [-0.25, -0.2) is 8.78 Å². The SMILES string of the molecule is [2H]C([2H])([2H])C([2H])(c1cc(-c2c(C)ccc3c2oc2c(-c4cccc(-c5ccccc5)c4)c(F)ccc23)[n+](C)cc1F)C([2H])([2H])[2H]. The molecule has 0 amide bonds. The van der Waals surface area contributed by atoms with Gasteiger partial charge in [0, 0.05) is 32.0 Å². The van der Waals surface area contributed by atoms with Crippen LogP contribution >= 0.6 is 0 Å². The molecule has 2 heterocycles. The van der Waals surface area contributed by atoms with Gasteiger partial charge < -0.3 is 4.42 Å². The number of aryl methyl sites for hydroxylation is 2. The average molecular weight is 512 g/mol. The Labute approximate surface area is 230 Å². The smallest absolute Gasteiger partial charge is 0.216 e. The third-order valence-electron chi connectivity index (χ3n) is 6.98. The summed E-state index contributed by atoms with van der Waals surface area (Å²) in [5, 5.41) is 1.25. The predicted molar refractivity (Wildman–Crippen MR) is 150 cm³/mol. The highest BCUT2D eigenvalue weighted by atomic mass is 19.1. The van der Waals surface area contributed by atoms with Gasteiger partial charge in [0.2, 0.25) is 11.9 Å². The van der Waals surface area contributed by atoms with Gasteiger partial charge in [-0.1, -0.05) is 74.4 Å². The van der Waals surface area contributed by atoms with Crippen molar-refractivity contribution < 1.29 is 27.4 Å². The quantitative estimate of drug-likeness (QED) is 0.216. The van der Waals surface area contributed by atoms with E-state index in [9.17, 15) is 0 Å². The van der Waals surface area contributed by atoms with E-state index in [1.807, 2.05) is 54.6 Å². The lowest BCUT2D eigenvalue weighted by atomic mass is 9.95. The average Bonchev–Trinajstić information content (AvgIpc) is 3.35. The number of furan rings is 1. The normalized spacial score (nSPS) is 15.3. The van der Waals surface area contributed by atoms with Crippen LogP contribution in [0.1, 0.15) is 40.3 Å². The second-order valence-corrected chi connectivity index (χ2v) is 9.39. The van der Waals surface area contributed by atoms with E-state index < -0.39 is 36.8 Å². The van der Waals surface area contributed by atoms with Crippen LogP contribution in [0.25, 0.3) is 55.4 Å². The lowest BCUT2D eigenvalue weighted by molar-refractivity contribution is -0.662. The Kier molecular flexibility index (Phi) is 4.18. The van der Waals surface area contributed by atoms with E-state index in [-0.39, 0.29) is 16.8 Å². The second-order valence-electron chi connectivity index (χ2n) is 9.39. The van der Waals surface area contributed by atoms with E-state index in [2.05, 4.69) is 0 Å². The van der Waals surface area contributed by atoms with Crippen LogP contribution in [-0.2, 0) is 7.05 Å². The van der Waals surface area contributed by atoms with Crippen LogP contribution in [0.3, 0.4) is 0 Å². The van der Waals surface area contributed by atoms with E-state index in [0.717, 1.165) is 23.4 Å². The summed E-state index contributed by atoms with van der Waals surface area (Å²) in [5.74, 6) is -4.88. The highest BCUT2D eigenvalue weighted by Crippen LogP contribution is 2.42. The second kappa shape index (κ2) is 9.21. The van der Waals surface area contributed by atoms with Crippen molar-refractivity contribution in [3.05, 3.63) is 114 Å².